The zero-order chi connectivity index (χ0) is 13.7. The molecule has 0 bridgehead atoms. The molecular weight excluding hydrogens is 246 g/mol. The number of carbonyl (C=O) groups excluding carboxylic acids is 1. The molecule has 0 aliphatic carbocycles. The lowest BCUT2D eigenvalue weighted by atomic mass is 9.96. The summed E-state index contributed by atoms with van der Waals surface area (Å²) >= 11 is 0. The number of rotatable bonds is 4. The molecule has 1 saturated heterocycles. The number of hydrogen-bond acceptors (Lipinski definition) is 4. The van der Waals surface area contributed by atoms with Gasteiger partial charge in [0.2, 0.25) is 5.91 Å². The summed E-state index contributed by atoms with van der Waals surface area (Å²) in [6.45, 7) is 1.88. The van der Waals surface area contributed by atoms with E-state index in [2.05, 4.69) is 10.6 Å². The molecule has 1 unspecified atom stereocenters. The van der Waals surface area contributed by atoms with Crippen LogP contribution in [-0.4, -0.2) is 23.9 Å². The van der Waals surface area contributed by atoms with E-state index in [-0.39, 0.29) is 11.6 Å². The first-order valence-electron chi connectivity index (χ1n) is 6.40. The number of nitro benzene ring substituents is 1. The number of anilines is 1. The maximum atomic E-state index is 11.9. The lowest BCUT2D eigenvalue weighted by Gasteiger charge is -2.22. The normalized spacial score (nSPS) is 18.8. The van der Waals surface area contributed by atoms with Crippen LogP contribution in [0.5, 0.6) is 0 Å². The van der Waals surface area contributed by atoms with Crippen molar-refractivity contribution in [1.82, 2.24) is 5.32 Å². The van der Waals surface area contributed by atoms with Gasteiger partial charge in [0.25, 0.3) is 5.69 Å². The highest BCUT2D eigenvalue weighted by Gasteiger charge is 2.17. The Morgan fingerprint density at radius 3 is 3.05 bits per heavy atom. The van der Waals surface area contributed by atoms with E-state index in [0.29, 0.717) is 18.0 Å². The summed E-state index contributed by atoms with van der Waals surface area (Å²) in [6.07, 6.45) is 2.60. The van der Waals surface area contributed by atoms with E-state index in [0.717, 1.165) is 25.9 Å². The van der Waals surface area contributed by atoms with E-state index in [9.17, 15) is 14.9 Å². The molecule has 1 aromatic carbocycles. The Morgan fingerprint density at radius 2 is 2.37 bits per heavy atom. The fraction of sp³-hybridized carbons (Fsp3) is 0.462. The molecule has 0 aromatic heterocycles. The SMILES string of the molecule is O=C(CC1CCCNC1)Nc1cccc([N+](=O)[O-])c1. The molecule has 0 spiro atoms. The van der Waals surface area contributed by atoms with E-state index in [1.54, 1.807) is 12.1 Å². The molecule has 0 radical (unpaired) electrons. The van der Waals surface area contributed by atoms with Crippen molar-refractivity contribution in [2.45, 2.75) is 19.3 Å². The van der Waals surface area contributed by atoms with Crippen molar-refractivity contribution in [3.8, 4) is 0 Å². The second-order valence-corrected chi connectivity index (χ2v) is 4.77. The van der Waals surface area contributed by atoms with Crippen LogP contribution in [0.25, 0.3) is 0 Å². The number of benzene rings is 1. The van der Waals surface area contributed by atoms with Crippen molar-refractivity contribution >= 4 is 17.3 Å². The van der Waals surface area contributed by atoms with Gasteiger partial charge in [-0.15, -0.1) is 0 Å². The number of nitrogens with one attached hydrogen (secondary N) is 2. The molecule has 2 rings (SSSR count). The van der Waals surface area contributed by atoms with Gasteiger partial charge in [0.1, 0.15) is 0 Å². The number of non-ortho nitro benzene ring substituents is 1. The average Bonchev–Trinajstić information content (AvgIpc) is 2.40. The van der Waals surface area contributed by atoms with Crippen LogP contribution < -0.4 is 10.6 Å². The van der Waals surface area contributed by atoms with E-state index in [1.807, 2.05) is 0 Å². The van der Waals surface area contributed by atoms with Gasteiger partial charge in [0.05, 0.1) is 4.92 Å². The van der Waals surface area contributed by atoms with Crippen molar-refractivity contribution < 1.29 is 9.72 Å². The average molecular weight is 263 g/mol. The Balaban J connectivity index is 1.90. The van der Waals surface area contributed by atoms with E-state index >= 15 is 0 Å². The zero-order valence-corrected chi connectivity index (χ0v) is 10.6. The molecule has 6 heteroatoms. The first-order valence-corrected chi connectivity index (χ1v) is 6.40. The fourth-order valence-corrected chi connectivity index (χ4v) is 2.27. The third kappa shape index (κ3) is 4.03. The van der Waals surface area contributed by atoms with Crippen LogP contribution >= 0.6 is 0 Å². The van der Waals surface area contributed by atoms with E-state index in [1.165, 1.54) is 12.1 Å². The van der Waals surface area contributed by atoms with Crippen molar-refractivity contribution in [2.24, 2.45) is 5.92 Å². The number of hydrogen-bond donors (Lipinski definition) is 2. The lowest BCUT2D eigenvalue weighted by molar-refractivity contribution is -0.384. The second-order valence-electron chi connectivity index (χ2n) is 4.77. The standard InChI is InChI=1S/C13H17N3O3/c17-13(7-10-3-2-6-14-9-10)15-11-4-1-5-12(8-11)16(18)19/h1,4-5,8,10,14H,2-3,6-7,9H2,(H,15,17). The van der Waals surface area contributed by atoms with E-state index in [4.69, 9.17) is 0 Å². The lowest BCUT2D eigenvalue weighted by Crippen LogP contribution is -2.32. The molecule has 1 fully saturated rings. The first-order chi connectivity index (χ1) is 9.15. The summed E-state index contributed by atoms with van der Waals surface area (Å²) in [5.74, 6) is 0.265. The summed E-state index contributed by atoms with van der Waals surface area (Å²) in [7, 11) is 0. The van der Waals surface area contributed by atoms with Gasteiger partial charge in [-0.1, -0.05) is 6.07 Å². The third-order valence-electron chi connectivity index (χ3n) is 3.21. The van der Waals surface area contributed by atoms with Crippen molar-refractivity contribution in [3.05, 3.63) is 34.4 Å². The van der Waals surface area contributed by atoms with Crippen LogP contribution in [0, 0.1) is 16.0 Å². The minimum Gasteiger partial charge on any atom is -0.326 e. The summed E-state index contributed by atoms with van der Waals surface area (Å²) in [4.78, 5) is 22.0. The highest BCUT2D eigenvalue weighted by Crippen LogP contribution is 2.19. The molecule has 1 aliphatic rings. The van der Waals surface area contributed by atoms with Gasteiger partial charge < -0.3 is 10.6 Å². The largest absolute Gasteiger partial charge is 0.326 e. The number of carbonyl (C=O) groups is 1. The molecule has 0 saturated carbocycles. The first kappa shape index (κ1) is 13.5. The van der Waals surface area contributed by atoms with Gasteiger partial charge in [0.15, 0.2) is 0 Å². The number of amides is 1. The predicted molar refractivity (Wildman–Crippen MR) is 71.9 cm³/mol. The molecule has 6 nitrogen and oxygen atoms in total. The van der Waals surface area contributed by atoms with Crippen molar-refractivity contribution in [2.75, 3.05) is 18.4 Å². The van der Waals surface area contributed by atoms with Crippen LogP contribution in [0.1, 0.15) is 19.3 Å². The molecule has 19 heavy (non-hydrogen) atoms. The van der Waals surface area contributed by atoms with Crippen LogP contribution in [0.15, 0.2) is 24.3 Å². The van der Waals surface area contributed by atoms with Crippen LogP contribution in [0.2, 0.25) is 0 Å². The molecule has 2 N–H and O–H groups in total. The van der Waals surface area contributed by atoms with Crippen LogP contribution in [0.3, 0.4) is 0 Å². The summed E-state index contributed by atoms with van der Waals surface area (Å²) < 4.78 is 0. The Morgan fingerprint density at radius 1 is 1.53 bits per heavy atom. The number of piperidine rings is 1. The quantitative estimate of drug-likeness (QED) is 0.642. The summed E-state index contributed by atoms with van der Waals surface area (Å²) in [5, 5.41) is 16.6. The minimum absolute atomic E-state index is 0.0165. The molecule has 1 aliphatic heterocycles. The van der Waals surface area contributed by atoms with Gasteiger partial charge >= 0.3 is 0 Å². The molecule has 1 atom stereocenters. The van der Waals surface area contributed by atoms with Crippen molar-refractivity contribution in [3.63, 3.8) is 0 Å². The molecule has 1 aromatic rings. The highest BCUT2D eigenvalue weighted by atomic mass is 16.6. The monoisotopic (exact) mass is 263 g/mol. The third-order valence-corrected chi connectivity index (χ3v) is 3.21. The maximum Gasteiger partial charge on any atom is 0.271 e. The smallest absolute Gasteiger partial charge is 0.271 e. The zero-order valence-electron chi connectivity index (χ0n) is 10.6. The van der Waals surface area contributed by atoms with Crippen molar-refractivity contribution in [1.29, 1.82) is 0 Å². The topological polar surface area (TPSA) is 84.3 Å². The van der Waals surface area contributed by atoms with Crippen LogP contribution in [0.4, 0.5) is 11.4 Å². The van der Waals surface area contributed by atoms with Gasteiger partial charge in [0, 0.05) is 24.2 Å². The van der Waals surface area contributed by atoms with Gasteiger partial charge in [-0.3, -0.25) is 14.9 Å². The van der Waals surface area contributed by atoms with E-state index < -0.39 is 4.92 Å². The predicted octanol–water partition coefficient (Wildman–Crippen LogP) is 1.92. The maximum absolute atomic E-state index is 11.9. The van der Waals surface area contributed by atoms with Gasteiger partial charge in [-0.2, -0.15) is 0 Å². The Hall–Kier alpha value is -1.95. The number of nitro groups is 1. The molecular formula is C13H17N3O3. The Kier molecular flexibility index (Phi) is 4.46. The van der Waals surface area contributed by atoms with Crippen LogP contribution in [-0.2, 0) is 4.79 Å². The molecule has 102 valence electrons. The second kappa shape index (κ2) is 6.29. The van der Waals surface area contributed by atoms with Gasteiger partial charge in [-0.05, 0) is 37.9 Å². The minimum atomic E-state index is -0.472. The highest BCUT2D eigenvalue weighted by molar-refractivity contribution is 5.91. The molecule has 1 amide bonds. The fourth-order valence-electron chi connectivity index (χ4n) is 2.27. The molecule has 1 heterocycles. The Labute approximate surface area is 111 Å². The summed E-state index contributed by atoms with van der Waals surface area (Å²) in [6, 6.07) is 6.00. The van der Waals surface area contributed by atoms with Gasteiger partial charge in [-0.25, -0.2) is 0 Å². The number of nitrogens with zero attached hydrogens (tertiary/aromatic N) is 1. The summed E-state index contributed by atoms with van der Waals surface area (Å²) in [5.41, 5.74) is 0.458. The Bertz CT molecular complexity index is 470.